The molecule has 0 aromatic carbocycles. The number of hydrogen-bond acceptors (Lipinski definition) is 6. The summed E-state index contributed by atoms with van der Waals surface area (Å²) in [4.78, 5) is 12.5. The lowest BCUT2D eigenvalue weighted by molar-refractivity contribution is -0.294. The summed E-state index contributed by atoms with van der Waals surface area (Å²) in [5.41, 5.74) is -0.681. The Bertz CT molecular complexity index is 558. The van der Waals surface area contributed by atoms with Crippen LogP contribution in [0, 0.1) is 11.3 Å². The SMILES string of the molecule is C[C@@]12CCC3(SCCCS3)[C@@H](O1)[C@H]1CC3(CC[C@]12C=O)OCCCO3. The quantitative estimate of drug-likeness (QED) is 0.644. The van der Waals surface area contributed by atoms with Gasteiger partial charge >= 0.3 is 0 Å². The third-order valence-corrected chi connectivity index (χ3v) is 11.0. The van der Waals surface area contributed by atoms with Crippen LogP contribution in [0.5, 0.6) is 0 Å². The van der Waals surface area contributed by atoms with Crippen LogP contribution < -0.4 is 0 Å². The van der Waals surface area contributed by atoms with E-state index >= 15 is 0 Å². The second-order valence-corrected chi connectivity index (χ2v) is 11.7. The summed E-state index contributed by atoms with van der Waals surface area (Å²) in [6.07, 6.45) is 8.26. The van der Waals surface area contributed by atoms with Gasteiger partial charge in [0.1, 0.15) is 6.29 Å². The van der Waals surface area contributed by atoms with Crippen LogP contribution in [0.1, 0.15) is 51.9 Å². The summed E-state index contributed by atoms with van der Waals surface area (Å²) in [5, 5.41) is 0. The number of hydrogen-bond donors (Lipinski definition) is 0. The second-order valence-electron chi connectivity index (χ2n) is 8.56. The van der Waals surface area contributed by atoms with Crippen molar-refractivity contribution in [2.75, 3.05) is 24.7 Å². The highest BCUT2D eigenvalue weighted by Gasteiger charge is 2.73. The van der Waals surface area contributed by atoms with Gasteiger partial charge in [0, 0.05) is 18.8 Å². The molecule has 4 saturated heterocycles. The van der Waals surface area contributed by atoms with E-state index in [2.05, 4.69) is 30.4 Å². The summed E-state index contributed by atoms with van der Waals surface area (Å²) in [6.45, 7) is 3.75. The maximum absolute atomic E-state index is 12.5. The highest BCUT2D eigenvalue weighted by Crippen LogP contribution is 2.69. The zero-order valence-corrected chi connectivity index (χ0v) is 16.6. The number of thioether (sulfide) groups is 2. The van der Waals surface area contributed by atoms with E-state index in [-0.39, 0.29) is 27.1 Å². The van der Waals surface area contributed by atoms with Crippen LogP contribution in [0.15, 0.2) is 0 Å². The number of rotatable bonds is 1. The van der Waals surface area contributed by atoms with Gasteiger partial charge in [0.2, 0.25) is 0 Å². The van der Waals surface area contributed by atoms with E-state index in [0.717, 1.165) is 51.7 Å². The topological polar surface area (TPSA) is 44.8 Å². The lowest BCUT2D eigenvalue weighted by atomic mass is 9.58. The van der Waals surface area contributed by atoms with E-state index in [9.17, 15) is 4.79 Å². The first kappa shape index (κ1) is 17.4. The van der Waals surface area contributed by atoms with Gasteiger partial charge in [-0.1, -0.05) is 0 Å². The van der Waals surface area contributed by atoms with Crippen molar-refractivity contribution in [2.24, 2.45) is 11.3 Å². The lowest BCUT2D eigenvalue weighted by Crippen LogP contribution is -2.55. The minimum Gasteiger partial charge on any atom is -0.368 e. The Morgan fingerprint density at radius 2 is 1.76 bits per heavy atom. The molecule has 4 atom stereocenters. The molecule has 5 rings (SSSR count). The molecule has 4 aliphatic heterocycles. The first-order valence-electron chi connectivity index (χ1n) is 9.77. The van der Waals surface area contributed by atoms with Gasteiger partial charge in [-0.3, -0.25) is 0 Å². The number of fused-ring (bicyclic) bond motifs is 6. The molecule has 0 unspecified atom stereocenters. The molecular formula is C19H28O4S2. The summed E-state index contributed by atoms with van der Waals surface area (Å²) < 4.78 is 19.2. The molecule has 0 amide bonds. The van der Waals surface area contributed by atoms with E-state index in [1.165, 1.54) is 24.2 Å². The molecule has 25 heavy (non-hydrogen) atoms. The largest absolute Gasteiger partial charge is 0.368 e. The Kier molecular flexibility index (Phi) is 4.08. The molecule has 140 valence electrons. The molecule has 5 fully saturated rings. The van der Waals surface area contributed by atoms with Crippen LogP contribution in [0.3, 0.4) is 0 Å². The van der Waals surface area contributed by atoms with Gasteiger partial charge in [0.05, 0.1) is 34.4 Å². The van der Waals surface area contributed by atoms with Crippen LogP contribution in [-0.4, -0.2) is 52.6 Å². The minimum absolute atomic E-state index is 0.125. The fourth-order valence-electron chi connectivity index (χ4n) is 6.00. The molecule has 0 N–H and O–H groups in total. The zero-order valence-electron chi connectivity index (χ0n) is 15.0. The average Bonchev–Trinajstić information content (AvgIpc) is 2.87. The molecule has 0 radical (unpaired) electrons. The third kappa shape index (κ3) is 2.30. The first-order chi connectivity index (χ1) is 12.1. The maximum atomic E-state index is 12.5. The van der Waals surface area contributed by atoms with Crippen LogP contribution in [0.4, 0.5) is 0 Å². The Hall–Kier alpha value is 0.250. The maximum Gasteiger partial charge on any atom is 0.168 e. The molecular weight excluding hydrogens is 356 g/mol. The number of carbonyl (C=O) groups is 1. The fraction of sp³-hybridized carbons (Fsp3) is 0.947. The smallest absolute Gasteiger partial charge is 0.168 e. The molecule has 1 aliphatic carbocycles. The molecule has 2 spiro atoms. The van der Waals surface area contributed by atoms with Crippen molar-refractivity contribution in [2.45, 2.75) is 73.4 Å². The second kappa shape index (κ2) is 5.87. The summed E-state index contributed by atoms with van der Waals surface area (Å²) in [7, 11) is 0. The van der Waals surface area contributed by atoms with Gasteiger partial charge in [-0.15, -0.1) is 23.5 Å². The van der Waals surface area contributed by atoms with Crippen molar-refractivity contribution in [3.63, 3.8) is 0 Å². The predicted molar refractivity (Wildman–Crippen MR) is 99.9 cm³/mol. The van der Waals surface area contributed by atoms with Crippen molar-refractivity contribution in [3.05, 3.63) is 0 Å². The van der Waals surface area contributed by atoms with Gasteiger partial charge in [0.15, 0.2) is 5.79 Å². The number of aldehydes is 1. The van der Waals surface area contributed by atoms with E-state index in [4.69, 9.17) is 14.2 Å². The van der Waals surface area contributed by atoms with E-state index in [1.807, 2.05) is 0 Å². The van der Waals surface area contributed by atoms with E-state index < -0.39 is 5.79 Å². The third-order valence-electron chi connectivity index (χ3n) is 7.44. The molecule has 0 aromatic heterocycles. The molecule has 5 aliphatic rings. The zero-order chi connectivity index (χ0) is 17.2. The van der Waals surface area contributed by atoms with Crippen LogP contribution in [0.2, 0.25) is 0 Å². The normalized spacial score (nSPS) is 47.6. The van der Waals surface area contributed by atoms with E-state index in [0.29, 0.717) is 0 Å². The summed E-state index contributed by atoms with van der Waals surface area (Å²) in [6, 6.07) is 0. The van der Waals surface area contributed by atoms with Gasteiger partial charge in [-0.2, -0.15) is 0 Å². The van der Waals surface area contributed by atoms with E-state index in [1.54, 1.807) is 0 Å². The standard InChI is InChI=1S/C19H28O4S2/c1-16-4-7-19(24-10-3-11-25-19)15(23-16)14-12-18(21-8-2-9-22-18)6-5-17(14,16)13-20/h13-15H,2-12H2,1H3/t14-,15+,16+,17+/m1/s1. The first-order valence-corrected chi connectivity index (χ1v) is 11.7. The Balaban J connectivity index is 1.54. The van der Waals surface area contributed by atoms with Gasteiger partial charge in [-0.05, 0) is 50.5 Å². The molecule has 4 heterocycles. The van der Waals surface area contributed by atoms with Gasteiger partial charge in [-0.25, -0.2) is 0 Å². The molecule has 2 bridgehead atoms. The monoisotopic (exact) mass is 384 g/mol. The Morgan fingerprint density at radius 1 is 1.00 bits per heavy atom. The fourth-order valence-corrected chi connectivity index (χ4v) is 9.53. The lowest BCUT2D eigenvalue weighted by Gasteiger charge is -2.50. The average molecular weight is 385 g/mol. The van der Waals surface area contributed by atoms with Gasteiger partial charge < -0.3 is 19.0 Å². The van der Waals surface area contributed by atoms with Crippen LogP contribution in [0.25, 0.3) is 0 Å². The molecule has 0 aromatic rings. The van der Waals surface area contributed by atoms with Crippen LogP contribution in [-0.2, 0) is 19.0 Å². The molecule has 6 heteroatoms. The molecule has 1 saturated carbocycles. The summed E-state index contributed by atoms with van der Waals surface area (Å²) >= 11 is 4.17. The minimum atomic E-state index is -0.474. The van der Waals surface area contributed by atoms with Crippen molar-refractivity contribution in [1.29, 1.82) is 0 Å². The Morgan fingerprint density at radius 3 is 2.48 bits per heavy atom. The highest BCUT2D eigenvalue weighted by atomic mass is 32.2. The van der Waals surface area contributed by atoms with Crippen molar-refractivity contribution < 1.29 is 19.0 Å². The molecule has 4 nitrogen and oxygen atoms in total. The van der Waals surface area contributed by atoms with Crippen molar-refractivity contribution in [1.82, 2.24) is 0 Å². The van der Waals surface area contributed by atoms with Crippen molar-refractivity contribution in [3.8, 4) is 0 Å². The predicted octanol–water partition coefficient (Wildman–Crippen LogP) is 3.62. The summed E-state index contributed by atoms with van der Waals surface area (Å²) in [5.74, 6) is 2.16. The number of ether oxygens (including phenoxy) is 3. The van der Waals surface area contributed by atoms with Crippen molar-refractivity contribution >= 4 is 29.8 Å². The Labute approximate surface area is 158 Å². The number of carbonyl (C=O) groups excluding carboxylic acids is 1. The highest BCUT2D eigenvalue weighted by molar-refractivity contribution is 8.18. The van der Waals surface area contributed by atoms with Crippen LogP contribution >= 0.6 is 23.5 Å². The van der Waals surface area contributed by atoms with Gasteiger partial charge in [0.25, 0.3) is 0 Å².